The Hall–Kier alpha value is -1.51. The maximum absolute atomic E-state index is 6.91. The molecule has 0 aliphatic rings. The van der Waals surface area contributed by atoms with E-state index in [4.69, 9.17) is 8.23 Å². The van der Waals surface area contributed by atoms with Crippen LogP contribution in [-0.4, -0.2) is 25.2 Å². The predicted molar refractivity (Wildman–Crippen MR) is 136 cm³/mol. The van der Waals surface area contributed by atoms with Crippen molar-refractivity contribution in [2.75, 3.05) is 0 Å². The second-order valence-electron chi connectivity index (χ2n) is 7.17. The molecule has 0 saturated heterocycles. The summed E-state index contributed by atoms with van der Waals surface area (Å²) in [5, 5.41) is 2.26. The molecule has 0 unspecified atom stereocenters. The molecule has 0 atom stereocenters. The molecule has 2 nitrogen and oxygen atoms in total. The average Bonchev–Trinajstić information content (AvgIpc) is 2.62. The third-order valence-corrected chi connectivity index (χ3v) is 14.8. The van der Waals surface area contributed by atoms with Gasteiger partial charge in [0.25, 0.3) is 0 Å². The van der Waals surface area contributed by atoms with Gasteiger partial charge in [-0.15, -0.1) is 13.2 Å². The first-order valence-corrected chi connectivity index (χ1v) is 16.3. The van der Waals surface area contributed by atoms with Crippen LogP contribution in [0.1, 0.15) is 22.3 Å². The smallest absolute Gasteiger partial charge is 0.386 e. The van der Waals surface area contributed by atoms with Gasteiger partial charge in [0, 0.05) is 0 Å². The minimum absolute atomic E-state index is 0. The van der Waals surface area contributed by atoms with Crippen molar-refractivity contribution < 1.29 is 8.23 Å². The monoisotopic (exact) mass is 432 g/mol. The van der Waals surface area contributed by atoms with Gasteiger partial charge in [0.1, 0.15) is 0 Å². The van der Waals surface area contributed by atoms with E-state index in [-0.39, 0.29) is 22.3 Å². The van der Waals surface area contributed by atoms with E-state index in [2.05, 4.69) is 87.9 Å². The summed E-state index contributed by atoms with van der Waals surface area (Å²) >= 11 is 0. The first-order valence-electron chi connectivity index (χ1n) is 8.53. The molecule has 0 heterocycles. The first kappa shape index (κ1) is 28.7. The Morgan fingerprint density at radius 2 is 0.893 bits per heavy atom. The summed E-state index contributed by atoms with van der Waals surface area (Å²) in [4.78, 5) is 0. The van der Waals surface area contributed by atoms with Crippen LogP contribution in [-0.2, 0) is 8.23 Å². The van der Waals surface area contributed by atoms with Gasteiger partial charge < -0.3 is 8.23 Å². The molecule has 28 heavy (non-hydrogen) atoms. The molecular weight excluding hydrogens is 393 g/mol. The molecular formula is C23H40O2Si3. The maximum atomic E-state index is 6.91. The summed E-state index contributed by atoms with van der Waals surface area (Å²) in [5.41, 5.74) is 3.96. The highest BCUT2D eigenvalue weighted by Crippen LogP contribution is 2.22. The van der Waals surface area contributed by atoms with Crippen LogP contribution in [0.2, 0.25) is 26.2 Å². The first-order chi connectivity index (χ1) is 11.7. The zero-order chi connectivity index (χ0) is 18.6. The van der Waals surface area contributed by atoms with E-state index in [1.165, 1.54) is 0 Å². The second kappa shape index (κ2) is 11.5. The van der Waals surface area contributed by atoms with Gasteiger partial charge in [0.15, 0.2) is 0 Å². The quantitative estimate of drug-likeness (QED) is 0.473. The number of benzene rings is 2. The molecule has 0 radical (unpaired) electrons. The van der Waals surface area contributed by atoms with Gasteiger partial charge in [-0.2, -0.15) is 0 Å². The van der Waals surface area contributed by atoms with Crippen LogP contribution in [0.3, 0.4) is 0 Å². The number of rotatable bonds is 8. The molecule has 2 rings (SSSR count). The van der Waals surface area contributed by atoms with Crippen LogP contribution < -0.4 is 10.4 Å². The van der Waals surface area contributed by atoms with Crippen LogP contribution >= 0.6 is 0 Å². The SMILES string of the molecule is C.C.C.C=C[Si](C)(C)O[Si](O[Si](C)(C)C=C)(c1ccccc1)c1ccccc1. The highest BCUT2D eigenvalue weighted by molar-refractivity contribution is 7.03. The van der Waals surface area contributed by atoms with Crippen molar-refractivity contribution in [2.24, 2.45) is 0 Å². The standard InChI is InChI=1S/C20H28O2Si3.3CH4/c1-7-23(3,4)21-25(22-24(5,6)8-2,19-15-11-9-12-16-19)20-17-13-10-14-18-20;;;/h7-18H,1-2H2,3-6H3;3*1H4. The normalized spacial score (nSPS) is 11.3. The minimum atomic E-state index is -2.88. The van der Waals surface area contributed by atoms with Crippen LogP contribution in [0.4, 0.5) is 0 Å². The molecule has 0 N–H and O–H groups in total. The summed E-state index contributed by atoms with van der Waals surface area (Å²) in [6.45, 7) is 16.7. The zero-order valence-corrected chi connectivity index (χ0v) is 18.7. The van der Waals surface area contributed by atoms with Gasteiger partial charge in [-0.25, -0.2) is 0 Å². The van der Waals surface area contributed by atoms with Gasteiger partial charge in [0.05, 0.1) is 0 Å². The lowest BCUT2D eigenvalue weighted by atomic mass is 10.4. The molecule has 2 aromatic rings. The van der Waals surface area contributed by atoms with Crippen molar-refractivity contribution in [2.45, 2.75) is 48.5 Å². The largest absolute Gasteiger partial charge is 0.426 e. The van der Waals surface area contributed by atoms with Crippen molar-refractivity contribution in [1.82, 2.24) is 0 Å². The molecule has 0 spiro atoms. The summed E-state index contributed by atoms with van der Waals surface area (Å²) in [7, 11) is -7.08. The predicted octanol–water partition coefficient (Wildman–Crippen LogP) is 6.05. The van der Waals surface area contributed by atoms with E-state index < -0.39 is 25.2 Å². The van der Waals surface area contributed by atoms with Gasteiger partial charge >= 0.3 is 8.56 Å². The van der Waals surface area contributed by atoms with Gasteiger partial charge in [-0.1, -0.05) is 94.3 Å². The van der Waals surface area contributed by atoms with Gasteiger partial charge in [-0.05, 0) is 36.6 Å². The summed E-state index contributed by atoms with van der Waals surface area (Å²) in [6, 6.07) is 20.8. The van der Waals surface area contributed by atoms with Gasteiger partial charge in [0.2, 0.25) is 16.6 Å². The topological polar surface area (TPSA) is 18.5 Å². The Morgan fingerprint density at radius 3 is 1.14 bits per heavy atom. The molecule has 156 valence electrons. The molecule has 0 fully saturated rings. The van der Waals surface area contributed by atoms with E-state index in [0.717, 1.165) is 10.4 Å². The summed E-state index contributed by atoms with van der Waals surface area (Å²) in [5.74, 6) is 0. The fourth-order valence-corrected chi connectivity index (χ4v) is 13.2. The van der Waals surface area contributed by atoms with E-state index in [0.29, 0.717) is 0 Å². The third kappa shape index (κ3) is 6.83. The zero-order valence-electron chi connectivity index (χ0n) is 15.7. The molecule has 0 saturated carbocycles. The van der Waals surface area contributed by atoms with Crippen molar-refractivity contribution in [1.29, 1.82) is 0 Å². The lowest BCUT2D eigenvalue weighted by Crippen LogP contribution is -2.69. The van der Waals surface area contributed by atoms with Crippen molar-refractivity contribution in [3.8, 4) is 0 Å². The Bertz CT molecular complexity index is 650. The van der Waals surface area contributed by atoms with Crippen molar-refractivity contribution in [3.05, 3.63) is 85.2 Å². The Kier molecular flexibility index (Phi) is 11.8. The third-order valence-electron chi connectivity index (χ3n) is 4.10. The van der Waals surface area contributed by atoms with E-state index in [1.54, 1.807) is 0 Å². The lowest BCUT2D eigenvalue weighted by Gasteiger charge is -2.41. The fraction of sp³-hybridized carbons (Fsp3) is 0.304. The van der Waals surface area contributed by atoms with Crippen molar-refractivity contribution in [3.63, 3.8) is 0 Å². The van der Waals surface area contributed by atoms with Crippen LogP contribution in [0.15, 0.2) is 85.2 Å². The molecule has 0 amide bonds. The lowest BCUT2D eigenvalue weighted by molar-refractivity contribution is 0.418. The fourth-order valence-electron chi connectivity index (χ4n) is 2.56. The Balaban J connectivity index is 0. The molecule has 2 aromatic carbocycles. The second-order valence-corrected chi connectivity index (χ2v) is 18.4. The van der Waals surface area contributed by atoms with Gasteiger partial charge in [-0.3, -0.25) is 0 Å². The molecule has 5 heteroatoms. The minimum Gasteiger partial charge on any atom is -0.426 e. The highest BCUT2D eigenvalue weighted by Gasteiger charge is 2.49. The number of hydrogen-bond acceptors (Lipinski definition) is 2. The summed E-state index contributed by atoms with van der Waals surface area (Å²) < 4.78 is 13.8. The van der Waals surface area contributed by atoms with Crippen molar-refractivity contribution >= 4 is 35.6 Å². The summed E-state index contributed by atoms with van der Waals surface area (Å²) in [6.07, 6.45) is 0. The Labute approximate surface area is 177 Å². The van der Waals surface area contributed by atoms with Crippen LogP contribution in [0.5, 0.6) is 0 Å². The van der Waals surface area contributed by atoms with Crippen LogP contribution in [0, 0.1) is 0 Å². The number of hydrogen-bond donors (Lipinski definition) is 0. The Morgan fingerprint density at radius 1 is 0.607 bits per heavy atom. The van der Waals surface area contributed by atoms with E-state index in [1.807, 2.05) is 23.5 Å². The van der Waals surface area contributed by atoms with E-state index in [9.17, 15) is 0 Å². The maximum Gasteiger partial charge on any atom is 0.386 e. The molecule has 0 aliphatic carbocycles. The highest BCUT2D eigenvalue weighted by atomic mass is 28.5. The van der Waals surface area contributed by atoms with E-state index >= 15 is 0 Å². The van der Waals surface area contributed by atoms with Crippen LogP contribution in [0.25, 0.3) is 0 Å². The molecule has 0 bridgehead atoms. The molecule has 0 aliphatic heterocycles. The average molecular weight is 433 g/mol. The molecule has 0 aromatic heterocycles.